The highest BCUT2D eigenvalue weighted by atomic mass is 35.5. The third kappa shape index (κ3) is 4.35. The number of nitrogens with one attached hydrogen (secondary N) is 2. The van der Waals surface area contributed by atoms with E-state index in [0.29, 0.717) is 22.4 Å². The molecule has 0 bridgehead atoms. The fourth-order valence-corrected chi connectivity index (χ4v) is 2.64. The van der Waals surface area contributed by atoms with E-state index in [-0.39, 0.29) is 17.7 Å². The summed E-state index contributed by atoms with van der Waals surface area (Å²) in [7, 11) is 0. The lowest BCUT2D eigenvalue weighted by Gasteiger charge is -2.10. The normalized spacial score (nSPS) is 16.8. The van der Waals surface area contributed by atoms with E-state index in [0.717, 1.165) is 25.1 Å². The molecule has 1 saturated heterocycles. The number of anilines is 2. The van der Waals surface area contributed by atoms with Gasteiger partial charge in [0.05, 0.1) is 16.1 Å². The third-order valence-corrected chi connectivity index (χ3v) is 4.34. The van der Waals surface area contributed by atoms with E-state index >= 15 is 0 Å². The van der Waals surface area contributed by atoms with Gasteiger partial charge in [0.25, 0.3) is 5.91 Å². The standard InChI is InChI=1S/C16H16Cl2N4O2/c17-12-4-3-10(8-13(12)18)20-15-6-5-14(21-22-15)16(23)19-9-11-2-1-7-24-11/h3-6,8,11H,1-2,7,9H2,(H,19,23)(H,20,22). The number of nitrogens with zero attached hydrogens (tertiary/aromatic N) is 2. The highest BCUT2D eigenvalue weighted by Gasteiger charge is 2.17. The number of carbonyl (C=O) groups is 1. The Hall–Kier alpha value is -1.89. The van der Waals surface area contributed by atoms with E-state index in [1.165, 1.54) is 0 Å². The molecule has 2 N–H and O–H groups in total. The number of aromatic nitrogens is 2. The molecule has 0 saturated carbocycles. The molecular formula is C16H16Cl2N4O2. The van der Waals surface area contributed by atoms with E-state index in [2.05, 4.69) is 20.8 Å². The Morgan fingerprint density at radius 1 is 1.21 bits per heavy atom. The zero-order valence-corrected chi connectivity index (χ0v) is 14.3. The minimum atomic E-state index is -0.265. The average Bonchev–Trinajstić information content (AvgIpc) is 3.10. The first-order valence-corrected chi connectivity index (χ1v) is 8.33. The molecule has 2 aromatic rings. The largest absolute Gasteiger partial charge is 0.376 e. The molecule has 1 amide bonds. The molecular weight excluding hydrogens is 351 g/mol. The molecule has 24 heavy (non-hydrogen) atoms. The van der Waals surface area contributed by atoms with Gasteiger partial charge >= 0.3 is 0 Å². The van der Waals surface area contributed by atoms with Gasteiger partial charge in [0.2, 0.25) is 0 Å². The first-order valence-electron chi connectivity index (χ1n) is 7.57. The smallest absolute Gasteiger partial charge is 0.271 e. The maximum Gasteiger partial charge on any atom is 0.271 e. The van der Waals surface area contributed by atoms with Crippen LogP contribution < -0.4 is 10.6 Å². The van der Waals surface area contributed by atoms with E-state index in [1.54, 1.807) is 30.3 Å². The van der Waals surface area contributed by atoms with Crippen molar-refractivity contribution in [2.24, 2.45) is 0 Å². The summed E-state index contributed by atoms with van der Waals surface area (Å²) in [5.41, 5.74) is 0.988. The zero-order valence-electron chi connectivity index (χ0n) is 12.8. The number of rotatable bonds is 5. The quantitative estimate of drug-likeness (QED) is 0.847. The maximum atomic E-state index is 12.0. The first-order chi connectivity index (χ1) is 11.6. The van der Waals surface area contributed by atoms with Crippen LogP contribution in [-0.2, 0) is 4.74 Å². The monoisotopic (exact) mass is 366 g/mol. The highest BCUT2D eigenvalue weighted by molar-refractivity contribution is 6.42. The van der Waals surface area contributed by atoms with Crippen molar-refractivity contribution < 1.29 is 9.53 Å². The van der Waals surface area contributed by atoms with Gasteiger partial charge in [-0.1, -0.05) is 23.2 Å². The van der Waals surface area contributed by atoms with Crippen molar-refractivity contribution in [1.82, 2.24) is 15.5 Å². The number of halogens is 2. The third-order valence-electron chi connectivity index (χ3n) is 3.60. The van der Waals surface area contributed by atoms with Crippen molar-refractivity contribution in [3.63, 3.8) is 0 Å². The lowest BCUT2D eigenvalue weighted by atomic mass is 10.2. The summed E-state index contributed by atoms with van der Waals surface area (Å²) in [5, 5.41) is 14.7. The van der Waals surface area contributed by atoms with E-state index in [9.17, 15) is 4.79 Å². The van der Waals surface area contributed by atoms with Crippen LogP contribution in [0.4, 0.5) is 11.5 Å². The van der Waals surface area contributed by atoms with Crippen molar-refractivity contribution >= 4 is 40.6 Å². The number of hydrogen-bond donors (Lipinski definition) is 2. The molecule has 126 valence electrons. The average molecular weight is 367 g/mol. The van der Waals surface area contributed by atoms with Gasteiger partial charge in [-0.2, -0.15) is 0 Å². The summed E-state index contributed by atoms with van der Waals surface area (Å²) in [5.74, 6) is 0.239. The van der Waals surface area contributed by atoms with Gasteiger partial charge in [-0.15, -0.1) is 10.2 Å². The molecule has 0 spiro atoms. The topological polar surface area (TPSA) is 76.1 Å². The summed E-state index contributed by atoms with van der Waals surface area (Å²) in [6.07, 6.45) is 2.10. The summed E-state index contributed by atoms with van der Waals surface area (Å²) >= 11 is 11.8. The van der Waals surface area contributed by atoms with E-state index in [4.69, 9.17) is 27.9 Å². The second-order valence-corrected chi connectivity index (χ2v) is 6.22. The van der Waals surface area contributed by atoms with E-state index in [1.807, 2.05) is 0 Å². The van der Waals surface area contributed by atoms with Crippen molar-refractivity contribution in [2.45, 2.75) is 18.9 Å². The van der Waals surface area contributed by atoms with Gasteiger partial charge < -0.3 is 15.4 Å². The molecule has 1 aliphatic rings. The molecule has 1 aromatic carbocycles. The molecule has 2 heterocycles. The van der Waals surface area contributed by atoms with Crippen LogP contribution in [0.3, 0.4) is 0 Å². The van der Waals surface area contributed by atoms with Gasteiger partial charge in [0, 0.05) is 18.8 Å². The number of carbonyl (C=O) groups excluding carboxylic acids is 1. The Balaban J connectivity index is 1.57. The van der Waals surface area contributed by atoms with Gasteiger partial charge in [-0.3, -0.25) is 4.79 Å². The van der Waals surface area contributed by atoms with Crippen LogP contribution in [0.2, 0.25) is 10.0 Å². The predicted octanol–water partition coefficient (Wildman–Crippen LogP) is 3.44. The summed E-state index contributed by atoms with van der Waals surface area (Å²) in [6.45, 7) is 1.25. The Labute approximate surface area is 149 Å². The number of amides is 1. The number of hydrogen-bond acceptors (Lipinski definition) is 5. The second kappa shape index (κ2) is 7.79. The highest BCUT2D eigenvalue weighted by Crippen LogP contribution is 2.26. The Morgan fingerprint density at radius 3 is 2.75 bits per heavy atom. The van der Waals surface area contributed by atoms with Crippen LogP contribution in [0.25, 0.3) is 0 Å². The fourth-order valence-electron chi connectivity index (χ4n) is 2.34. The van der Waals surface area contributed by atoms with Crippen molar-refractivity contribution in [3.8, 4) is 0 Å². The van der Waals surface area contributed by atoms with Crippen molar-refractivity contribution in [2.75, 3.05) is 18.5 Å². The Morgan fingerprint density at radius 2 is 2.08 bits per heavy atom. The Kier molecular flexibility index (Phi) is 5.50. The zero-order chi connectivity index (χ0) is 16.9. The molecule has 1 fully saturated rings. The number of ether oxygens (including phenoxy) is 1. The van der Waals surface area contributed by atoms with Crippen LogP contribution in [-0.4, -0.2) is 35.4 Å². The van der Waals surface area contributed by atoms with Gasteiger partial charge in [-0.05, 0) is 43.2 Å². The molecule has 8 heteroatoms. The minimum Gasteiger partial charge on any atom is -0.376 e. The maximum absolute atomic E-state index is 12.0. The lowest BCUT2D eigenvalue weighted by Crippen LogP contribution is -2.32. The van der Waals surface area contributed by atoms with E-state index < -0.39 is 0 Å². The molecule has 1 unspecified atom stereocenters. The minimum absolute atomic E-state index is 0.0949. The first kappa shape index (κ1) is 17.0. The van der Waals surface area contributed by atoms with Crippen LogP contribution >= 0.6 is 23.2 Å². The molecule has 0 radical (unpaired) electrons. The lowest BCUT2D eigenvalue weighted by molar-refractivity contribution is 0.0853. The molecule has 0 aliphatic carbocycles. The number of benzene rings is 1. The van der Waals surface area contributed by atoms with Crippen LogP contribution in [0.15, 0.2) is 30.3 Å². The van der Waals surface area contributed by atoms with Gasteiger partial charge in [0.15, 0.2) is 11.5 Å². The van der Waals surface area contributed by atoms with Gasteiger partial charge in [0.1, 0.15) is 0 Å². The van der Waals surface area contributed by atoms with Crippen molar-refractivity contribution in [1.29, 1.82) is 0 Å². The SMILES string of the molecule is O=C(NCC1CCCO1)c1ccc(Nc2ccc(Cl)c(Cl)c2)nn1. The summed E-state index contributed by atoms with van der Waals surface area (Å²) < 4.78 is 5.46. The predicted molar refractivity (Wildman–Crippen MR) is 93.1 cm³/mol. The van der Waals surface area contributed by atoms with Crippen molar-refractivity contribution in [3.05, 3.63) is 46.1 Å². The second-order valence-electron chi connectivity index (χ2n) is 5.40. The molecule has 3 rings (SSSR count). The van der Waals surface area contributed by atoms with Crippen LogP contribution in [0.5, 0.6) is 0 Å². The Bertz CT molecular complexity index is 719. The van der Waals surface area contributed by atoms with Crippen LogP contribution in [0, 0.1) is 0 Å². The summed E-state index contributed by atoms with van der Waals surface area (Å²) in [4.78, 5) is 12.0. The molecule has 1 aliphatic heterocycles. The molecule has 1 atom stereocenters. The summed E-state index contributed by atoms with van der Waals surface area (Å²) in [6, 6.07) is 8.44. The van der Waals surface area contributed by atoms with Gasteiger partial charge in [-0.25, -0.2) is 0 Å². The fraction of sp³-hybridized carbons (Fsp3) is 0.312. The van der Waals surface area contributed by atoms with Crippen LogP contribution in [0.1, 0.15) is 23.3 Å². The molecule has 1 aromatic heterocycles. The molecule has 6 nitrogen and oxygen atoms in total.